The fourth-order valence-corrected chi connectivity index (χ4v) is 4.68. The number of aryl methyl sites for hydroxylation is 1. The summed E-state index contributed by atoms with van der Waals surface area (Å²) in [5.41, 5.74) is 0.365. The Bertz CT molecular complexity index is 491. The summed E-state index contributed by atoms with van der Waals surface area (Å²) in [6, 6.07) is 1.17. The van der Waals surface area contributed by atoms with E-state index in [2.05, 4.69) is 5.16 Å². The molecule has 0 saturated heterocycles. The Morgan fingerprint density at radius 1 is 1.22 bits per heavy atom. The molecular formula is C8H15NO7P2. The highest BCUT2D eigenvalue weighted by Gasteiger charge is 2.63. The van der Waals surface area contributed by atoms with Crippen LogP contribution in [0.3, 0.4) is 0 Å². The summed E-state index contributed by atoms with van der Waals surface area (Å²) in [5, 5.41) is 3.51. The molecule has 0 aromatic carbocycles. The lowest BCUT2D eigenvalue weighted by molar-refractivity contribution is 0.273. The Morgan fingerprint density at radius 3 is 2.00 bits per heavy atom. The number of nitrogens with zero attached hydrogens (tertiary/aromatic N) is 1. The molecule has 0 saturated carbocycles. The van der Waals surface area contributed by atoms with Crippen LogP contribution in [0.2, 0.25) is 0 Å². The van der Waals surface area contributed by atoms with Gasteiger partial charge in [-0.25, -0.2) is 0 Å². The number of aromatic nitrogens is 1. The number of hydrogen-bond donors (Lipinski definition) is 4. The van der Waals surface area contributed by atoms with Gasteiger partial charge < -0.3 is 24.1 Å². The maximum absolute atomic E-state index is 11.5. The first-order valence-electron chi connectivity index (χ1n) is 5.17. The van der Waals surface area contributed by atoms with Gasteiger partial charge in [0.2, 0.25) is 4.90 Å². The van der Waals surface area contributed by atoms with Crippen molar-refractivity contribution in [1.82, 2.24) is 5.16 Å². The summed E-state index contributed by atoms with van der Waals surface area (Å²) in [6.07, 6.45) is -0.0501. The van der Waals surface area contributed by atoms with Crippen LogP contribution in [0.25, 0.3) is 0 Å². The molecule has 0 atom stereocenters. The van der Waals surface area contributed by atoms with Gasteiger partial charge in [0.05, 0.1) is 5.69 Å². The molecule has 0 aliphatic carbocycles. The molecule has 0 aliphatic rings. The zero-order chi connectivity index (χ0) is 14.2. The molecule has 0 bridgehead atoms. The molecule has 0 fully saturated rings. The fourth-order valence-electron chi connectivity index (χ4n) is 1.71. The van der Waals surface area contributed by atoms with E-state index in [1.54, 1.807) is 6.92 Å². The lowest BCUT2D eigenvalue weighted by Gasteiger charge is -2.30. The SMILES string of the molecule is CCc1cc(C(CC)(P(=O)(O)O)P(=O)(O)O)on1. The van der Waals surface area contributed by atoms with E-state index in [0.717, 1.165) is 0 Å². The second-order valence-electron chi connectivity index (χ2n) is 3.79. The topological polar surface area (TPSA) is 141 Å². The quantitative estimate of drug-likeness (QED) is 0.593. The van der Waals surface area contributed by atoms with Crippen molar-refractivity contribution in [2.45, 2.75) is 31.6 Å². The van der Waals surface area contributed by atoms with Crippen molar-refractivity contribution in [3.63, 3.8) is 0 Å². The Labute approximate surface area is 103 Å². The lowest BCUT2D eigenvalue weighted by atomic mass is 10.2. The van der Waals surface area contributed by atoms with Crippen molar-refractivity contribution >= 4 is 15.2 Å². The van der Waals surface area contributed by atoms with Crippen molar-refractivity contribution in [3.8, 4) is 0 Å². The third-order valence-corrected chi connectivity index (χ3v) is 7.34. The van der Waals surface area contributed by atoms with E-state index in [-0.39, 0.29) is 0 Å². The van der Waals surface area contributed by atoms with Crippen LogP contribution in [0.5, 0.6) is 0 Å². The molecule has 0 spiro atoms. The average molecular weight is 299 g/mol. The maximum atomic E-state index is 11.5. The van der Waals surface area contributed by atoms with Gasteiger partial charge in [-0.05, 0) is 12.8 Å². The van der Waals surface area contributed by atoms with Crippen LogP contribution in [-0.4, -0.2) is 24.7 Å². The zero-order valence-corrected chi connectivity index (χ0v) is 11.6. The molecule has 0 radical (unpaired) electrons. The van der Waals surface area contributed by atoms with Crippen molar-refractivity contribution in [2.75, 3.05) is 0 Å². The molecule has 4 N–H and O–H groups in total. The van der Waals surface area contributed by atoms with Gasteiger partial charge >= 0.3 is 15.2 Å². The van der Waals surface area contributed by atoms with E-state index >= 15 is 0 Å². The molecule has 1 heterocycles. The molecule has 0 amide bonds. The van der Waals surface area contributed by atoms with E-state index in [1.807, 2.05) is 0 Å². The van der Waals surface area contributed by atoms with Crippen LogP contribution in [0.1, 0.15) is 31.7 Å². The minimum atomic E-state index is -5.14. The highest BCUT2D eigenvalue weighted by atomic mass is 31.2. The fraction of sp³-hybridized carbons (Fsp3) is 0.625. The third-order valence-electron chi connectivity index (χ3n) is 2.77. The third kappa shape index (κ3) is 2.32. The van der Waals surface area contributed by atoms with Crippen LogP contribution >= 0.6 is 15.2 Å². The van der Waals surface area contributed by atoms with Gasteiger partial charge in [-0.3, -0.25) is 9.13 Å². The zero-order valence-electron chi connectivity index (χ0n) is 9.85. The molecule has 18 heavy (non-hydrogen) atoms. The largest absolute Gasteiger partial charge is 0.359 e. The molecule has 10 heteroatoms. The molecule has 1 aromatic heterocycles. The summed E-state index contributed by atoms with van der Waals surface area (Å²) in [7, 11) is -10.3. The van der Waals surface area contributed by atoms with Crippen molar-refractivity contribution in [3.05, 3.63) is 17.5 Å². The van der Waals surface area contributed by atoms with E-state index < -0.39 is 32.3 Å². The van der Waals surface area contributed by atoms with Crippen molar-refractivity contribution in [1.29, 1.82) is 0 Å². The second kappa shape index (κ2) is 4.89. The van der Waals surface area contributed by atoms with Crippen molar-refractivity contribution in [2.24, 2.45) is 0 Å². The van der Waals surface area contributed by atoms with Crippen LogP contribution < -0.4 is 0 Å². The van der Waals surface area contributed by atoms with Gasteiger partial charge in [-0.2, -0.15) is 0 Å². The molecule has 8 nitrogen and oxygen atoms in total. The van der Waals surface area contributed by atoms with Crippen LogP contribution in [-0.2, 0) is 20.4 Å². The standard InChI is InChI=1S/C8H15NO7P2/c1-3-6-5-7(16-9-6)8(4-2,17(10,11)12)18(13,14)15/h5H,3-4H2,1-2H3,(H2,10,11,12)(H2,13,14,15). The van der Waals surface area contributed by atoms with E-state index in [0.29, 0.717) is 12.1 Å². The van der Waals surface area contributed by atoms with Gasteiger partial charge in [0, 0.05) is 6.07 Å². The highest BCUT2D eigenvalue weighted by Crippen LogP contribution is 2.76. The van der Waals surface area contributed by atoms with Gasteiger partial charge in [0.1, 0.15) is 0 Å². The van der Waals surface area contributed by atoms with Crippen LogP contribution in [0.15, 0.2) is 10.6 Å². The smallest absolute Gasteiger partial charge is 0.351 e. The average Bonchev–Trinajstić information content (AvgIpc) is 2.63. The lowest BCUT2D eigenvalue weighted by Crippen LogP contribution is -2.25. The summed E-state index contributed by atoms with van der Waals surface area (Å²) in [4.78, 5) is 34.7. The van der Waals surface area contributed by atoms with Gasteiger partial charge in [-0.15, -0.1) is 0 Å². The monoisotopic (exact) mass is 299 g/mol. The normalized spacial score (nSPS) is 13.9. The first-order valence-corrected chi connectivity index (χ1v) is 8.40. The number of rotatable bonds is 5. The Hall–Kier alpha value is -0.490. The predicted molar refractivity (Wildman–Crippen MR) is 61.9 cm³/mol. The first kappa shape index (κ1) is 15.6. The highest BCUT2D eigenvalue weighted by molar-refractivity contribution is 7.71. The summed E-state index contributed by atoms with van der Waals surface area (Å²) in [5.74, 6) is -0.483. The van der Waals surface area contributed by atoms with Crippen LogP contribution in [0, 0.1) is 0 Å². The van der Waals surface area contributed by atoms with E-state index in [9.17, 15) is 28.7 Å². The molecule has 104 valence electrons. The van der Waals surface area contributed by atoms with Crippen molar-refractivity contribution < 1.29 is 33.2 Å². The molecule has 1 rings (SSSR count). The Kier molecular flexibility index (Phi) is 4.23. The Morgan fingerprint density at radius 2 is 1.72 bits per heavy atom. The van der Waals surface area contributed by atoms with Gasteiger partial charge in [-0.1, -0.05) is 19.0 Å². The maximum Gasteiger partial charge on any atom is 0.351 e. The summed E-state index contributed by atoms with van der Waals surface area (Å²) >= 11 is 0. The molecule has 0 unspecified atom stereocenters. The number of hydrogen-bond acceptors (Lipinski definition) is 4. The molecular weight excluding hydrogens is 284 g/mol. The van der Waals surface area contributed by atoms with Crippen LogP contribution in [0.4, 0.5) is 0 Å². The minimum absolute atomic E-state index is 0.365. The second-order valence-corrected chi connectivity index (χ2v) is 7.85. The predicted octanol–water partition coefficient (Wildman–Crippen LogP) is 1.16. The Balaban J connectivity index is 3.56. The first-order chi connectivity index (χ1) is 8.10. The van der Waals surface area contributed by atoms with E-state index in [4.69, 9.17) is 4.52 Å². The van der Waals surface area contributed by atoms with E-state index in [1.165, 1.54) is 13.0 Å². The summed E-state index contributed by atoms with van der Waals surface area (Å²) in [6.45, 7) is 3.00. The van der Waals surface area contributed by atoms with Gasteiger partial charge in [0.25, 0.3) is 0 Å². The minimum Gasteiger partial charge on any atom is -0.359 e. The molecule has 0 aliphatic heterocycles. The summed E-state index contributed by atoms with van der Waals surface area (Å²) < 4.78 is 27.8. The van der Waals surface area contributed by atoms with Gasteiger partial charge in [0.15, 0.2) is 5.76 Å². The molecule has 1 aromatic rings.